The summed E-state index contributed by atoms with van der Waals surface area (Å²) in [5.74, 6) is 0.980. The summed E-state index contributed by atoms with van der Waals surface area (Å²) < 4.78 is 10.2. The molecule has 2 aliphatic heterocycles. The van der Waals surface area contributed by atoms with Gasteiger partial charge in [-0.25, -0.2) is 0 Å². The Labute approximate surface area is 351 Å². The van der Waals surface area contributed by atoms with Gasteiger partial charge in [-0.05, 0) is 115 Å². The van der Waals surface area contributed by atoms with Crippen molar-refractivity contribution in [2.45, 2.75) is 51.5 Å². The second-order valence-electron chi connectivity index (χ2n) is 15.9. The van der Waals surface area contributed by atoms with Gasteiger partial charge in [0, 0.05) is 61.1 Å². The lowest BCUT2D eigenvalue weighted by Crippen LogP contribution is -2.17. The average Bonchev–Trinajstić information content (AvgIpc) is 3.84. The molecule has 0 spiro atoms. The highest BCUT2D eigenvalue weighted by Gasteiger charge is 2.27. The number of rotatable bonds is 7. The predicted molar refractivity (Wildman–Crippen MR) is 251 cm³/mol. The van der Waals surface area contributed by atoms with Gasteiger partial charge in [0.25, 0.3) is 0 Å². The standard InChI is InChI=1S/C55H48N2OS/c1-38-18-5-3-6-21-42-22-15-28-46(55(42)56(38)43-23-7-4-8-24-43)45-27-16-30-50-54(45)47-26-10-12-29-49(47)57(50)39(2)36-48-44-25-11-14-32-52(44)59-53(48)37-40-19-17-35-58-51-31-13-9-20-41(51)34-33-40/h3-11,13-20,22-28,30-33,39H,1,12,21,29,34-37H2,2H3/b6-3-,18-5-,19-17-,40-33+. The van der Waals surface area contributed by atoms with E-state index in [1.807, 2.05) is 11.3 Å². The monoisotopic (exact) mass is 784 g/mol. The first-order valence-electron chi connectivity index (χ1n) is 21.0. The Hall–Kier alpha value is -6.36. The fraction of sp³-hybridized carbons (Fsp3) is 0.164. The molecule has 4 heteroatoms. The van der Waals surface area contributed by atoms with Crippen molar-refractivity contribution in [1.29, 1.82) is 0 Å². The first-order valence-corrected chi connectivity index (χ1v) is 21.8. The van der Waals surface area contributed by atoms with Gasteiger partial charge in [0.2, 0.25) is 0 Å². The summed E-state index contributed by atoms with van der Waals surface area (Å²) in [4.78, 5) is 3.81. The van der Waals surface area contributed by atoms with Gasteiger partial charge in [-0.1, -0.05) is 134 Å². The Bertz CT molecular complexity index is 2880. The van der Waals surface area contributed by atoms with Gasteiger partial charge < -0.3 is 14.2 Å². The van der Waals surface area contributed by atoms with E-state index in [1.165, 1.54) is 76.2 Å². The molecule has 1 unspecified atom stereocenters. The van der Waals surface area contributed by atoms with E-state index in [1.54, 1.807) is 0 Å². The van der Waals surface area contributed by atoms with Crippen molar-refractivity contribution in [2.24, 2.45) is 0 Å². The molecule has 7 aromatic rings. The minimum atomic E-state index is 0.237. The van der Waals surface area contributed by atoms with Crippen LogP contribution in [0.3, 0.4) is 0 Å². The Morgan fingerprint density at radius 1 is 0.746 bits per heavy atom. The van der Waals surface area contributed by atoms with Crippen molar-refractivity contribution in [1.82, 2.24) is 4.57 Å². The van der Waals surface area contributed by atoms with Crippen LogP contribution in [0.15, 0.2) is 182 Å². The number of anilines is 2. The minimum absolute atomic E-state index is 0.237. The van der Waals surface area contributed by atoms with Crippen LogP contribution in [-0.2, 0) is 32.1 Å². The number of hydrogen-bond donors (Lipinski definition) is 0. The van der Waals surface area contributed by atoms with E-state index in [0.717, 1.165) is 55.7 Å². The minimum Gasteiger partial charge on any atom is -0.489 e. The zero-order valence-corrected chi connectivity index (χ0v) is 34.4. The van der Waals surface area contributed by atoms with Crippen LogP contribution in [0.25, 0.3) is 38.2 Å². The van der Waals surface area contributed by atoms with Crippen LogP contribution in [0.4, 0.5) is 11.4 Å². The molecule has 290 valence electrons. The lowest BCUT2D eigenvalue weighted by molar-refractivity contribution is 0.360. The topological polar surface area (TPSA) is 17.4 Å². The fourth-order valence-electron chi connectivity index (χ4n) is 9.47. The molecule has 4 heterocycles. The fourth-order valence-corrected chi connectivity index (χ4v) is 10.7. The van der Waals surface area contributed by atoms with Crippen LogP contribution in [0.5, 0.6) is 5.75 Å². The third-order valence-electron chi connectivity index (χ3n) is 12.1. The Morgan fingerprint density at radius 3 is 2.49 bits per heavy atom. The Morgan fingerprint density at radius 2 is 1.56 bits per heavy atom. The summed E-state index contributed by atoms with van der Waals surface area (Å²) in [6, 6.07) is 42.2. The van der Waals surface area contributed by atoms with Gasteiger partial charge in [-0.2, -0.15) is 0 Å². The third kappa shape index (κ3) is 7.02. The number of para-hydroxylation sites is 3. The van der Waals surface area contributed by atoms with Crippen LogP contribution in [0, 0.1) is 0 Å². The number of nitrogens with zero attached hydrogens (tertiary/aromatic N) is 2. The van der Waals surface area contributed by atoms with E-state index in [4.69, 9.17) is 4.74 Å². The van der Waals surface area contributed by atoms with Gasteiger partial charge in [-0.15, -0.1) is 11.3 Å². The SMILES string of the molecule is C=C1/C=C\C=C/Cc2cccc(-c3cccc4c3c3c(n4C(C)Cc4c(CC5=C/Cc6ccccc6OC/C=C\5)sc5ccccc45)CCC=C3)c2N1c1ccccc1. The van der Waals surface area contributed by atoms with E-state index in [9.17, 15) is 0 Å². The van der Waals surface area contributed by atoms with Crippen LogP contribution in [0.1, 0.15) is 52.2 Å². The molecule has 0 amide bonds. The van der Waals surface area contributed by atoms with Crippen molar-refractivity contribution in [2.75, 3.05) is 11.5 Å². The molecular weight excluding hydrogens is 737 g/mol. The molecule has 0 bridgehead atoms. The molecule has 0 radical (unpaired) electrons. The molecule has 5 aromatic carbocycles. The molecule has 1 atom stereocenters. The van der Waals surface area contributed by atoms with Gasteiger partial charge in [0.05, 0.1) is 5.69 Å². The largest absolute Gasteiger partial charge is 0.489 e. The van der Waals surface area contributed by atoms with E-state index >= 15 is 0 Å². The Kier molecular flexibility index (Phi) is 10.1. The number of ether oxygens (including phenoxy) is 1. The van der Waals surface area contributed by atoms with E-state index in [0.29, 0.717) is 6.61 Å². The molecule has 0 saturated heterocycles. The Balaban J connectivity index is 1.09. The van der Waals surface area contributed by atoms with Crippen molar-refractivity contribution in [3.05, 3.63) is 215 Å². The molecule has 59 heavy (non-hydrogen) atoms. The summed E-state index contributed by atoms with van der Waals surface area (Å²) in [6.45, 7) is 7.63. The molecule has 0 saturated carbocycles. The first kappa shape index (κ1) is 36.9. The maximum absolute atomic E-state index is 6.13. The second-order valence-corrected chi connectivity index (χ2v) is 17.0. The van der Waals surface area contributed by atoms with Gasteiger partial charge in [-0.3, -0.25) is 0 Å². The summed E-state index contributed by atoms with van der Waals surface area (Å²) >= 11 is 1.96. The zero-order chi connectivity index (χ0) is 39.7. The molecule has 3 aliphatic rings. The van der Waals surface area contributed by atoms with Crippen LogP contribution in [-0.4, -0.2) is 11.2 Å². The van der Waals surface area contributed by atoms with Crippen molar-refractivity contribution in [3.63, 3.8) is 0 Å². The van der Waals surface area contributed by atoms with Crippen LogP contribution < -0.4 is 9.64 Å². The highest BCUT2D eigenvalue weighted by atomic mass is 32.1. The molecule has 0 fully saturated rings. The van der Waals surface area contributed by atoms with Gasteiger partial charge >= 0.3 is 0 Å². The van der Waals surface area contributed by atoms with Crippen molar-refractivity contribution < 1.29 is 4.74 Å². The molecule has 0 N–H and O–H groups in total. The van der Waals surface area contributed by atoms with Gasteiger partial charge in [0.1, 0.15) is 12.4 Å². The second kappa shape index (κ2) is 16.1. The molecule has 10 rings (SSSR count). The maximum Gasteiger partial charge on any atom is 0.123 e. The van der Waals surface area contributed by atoms with E-state index in [-0.39, 0.29) is 6.04 Å². The smallest absolute Gasteiger partial charge is 0.123 e. The normalized spacial score (nSPS) is 18.1. The van der Waals surface area contributed by atoms with E-state index in [2.05, 4.69) is 193 Å². The number of allylic oxidation sites excluding steroid dienone is 8. The third-order valence-corrected chi connectivity index (χ3v) is 13.3. The summed E-state index contributed by atoms with van der Waals surface area (Å²) in [5.41, 5.74) is 15.2. The quantitative estimate of drug-likeness (QED) is 0.160. The van der Waals surface area contributed by atoms with Crippen LogP contribution in [0.2, 0.25) is 0 Å². The number of aromatic nitrogens is 1. The number of benzene rings is 5. The lowest BCUT2D eigenvalue weighted by Gasteiger charge is -2.30. The highest BCUT2D eigenvalue weighted by Crippen LogP contribution is 2.47. The maximum atomic E-state index is 6.13. The molecule has 2 aromatic heterocycles. The summed E-state index contributed by atoms with van der Waals surface area (Å²) in [5, 5.41) is 2.72. The number of hydrogen-bond acceptors (Lipinski definition) is 3. The first-order chi connectivity index (χ1) is 29.1. The molecule has 3 nitrogen and oxygen atoms in total. The van der Waals surface area contributed by atoms with E-state index < -0.39 is 0 Å². The lowest BCUT2D eigenvalue weighted by atomic mass is 9.92. The summed E-state index contributed by atoms with van der Waals surface area (Å²) in [7, 11) is 0. The molecule has 1 aliphatic carbocycles. The molecular formula is C55H48N2OS. The zero-order valence-electron chi connectivity index (χ0n) is 33.6. The predicted octanol–water partition coefficient (Wildman–Crippen LogP) is 14.3. The van der Waals surface area contributed by atoms with Gasteiger partial charge in [0.15, 0.2) is 0 Å². The summed E-state index contributed by atoms with van der Waals surface area (Å²) in [6.07, 6.45) is 25.9. The van der Waals surface area contributed by atoms with Crippen molar-refractivity contribution >= 4 is 49.8 Å². The average molecular weight is 785 g/mol. The van der Waals surface area contributed by atoms with Crippen molar-refractivity contribution in [3.8, 4) is 16.9 Å². The van der Waals surface area contributed by atoms with Crippen LogP contribution >= 0.6 is 11.3 Å². The number of thiophene rings is 1. The number of fused-ring (bicyclic) bond motifs is 6. The highest BCUT2D eigenvalue weighted by molar-refractivity contribution is 7.19.